The zero-order valence-corrected chi connectivity index (χ0v) is 9.94. The normalized spacial score (nSPS) is 13.5. The molecule has 0 spiro atoms. The number of nitrogens with zero attached hydrogens (tertiary/aromatic N) is 2. The van der Waals surface area contributed by atoms with E-state index in [9.17, 15) is 5.11 Å². The van der Waals surface area contributed by atoms with Gasteiger partial charge in [0.15, 0.2) is 0 Å². The minimum atomic E-state index is -0.510. The van der Waals surface area contributed by atoms with Crippen molar-refractivity contribution in [3.05, 3.63) is 16.9 Å². The van der Waals surface area contributed by atoms with Crippen molar-refractivity contribution in [1.29, 1.82) is 0 Å². The Labute approximate surface area is 92.0 Å². The Hall–Kier alpha value is -0.390. The smallest absolute Gasteiger partial charge is 0.0969 e. The monoisotopic (exact) mass is 262 g/mol. The van der Waals surface area contributed by atoms with Crippen molar-refractivity contribution in [3.8, 4) is 0 Å². The molecule has 0 aliphatic heterocycles. The van der Waals surface area contributed by atoms with Gasteiger partial charge in [0.25, 0.3) is 0 Å². The van der Waals surface area contributed by atoms with Gasteiger partial charge in [0.05, 0.1) is 36.0 Å². The number of hydrogen-bond donors (Lipinski definition) is 1. The molecule has 1 rings (SSSR count). The first-order chi connectivity index (χ1) is 6.58. The molecule has 5 heteroatoms. The minimum Gasteiger partial charge on any atom is -0.389 e. The fourth-order valence-electron chi connectivity index (χ4n) is 1.01. The molecule has 0 fully saturated rings. The van der Waals surface area contributed by atoms with Crippen molar-refractivity contribution in [2.45, 2.75) is 32.6 Å². The zero-order valence-electron chi connectivity index (χ0n) is 8.35. The van der Waals surface area contributed by atoms with E-state index in [0.717, 1.165) is 4.47 Å². The SMILES string of the molecule is CC(C)OCC(O)Cn1cc(Br)cn1. The molecule has 80 valence electrons. The van der Waals surface area contributed by atoms with Gasteiger partial charge in [-0.15, -0.1) is 0 Å². The van der Waals surface area contributed by atoms with E-state index in [0.29, 0.717) is 13.2 Å². The third-order valence-corrected chi connectivity index (χ3v) is 2.03. The first kappa shape index (κ1) is 11.7. The lowest BCUT2D eigenvalue weighted by Gasteiger charge is -2.13. The highest BCUT2D eigenvalue weighted by molar-refractivity contribution is 9.10. The van der Waals surface area contributed by atoms with Crippen LogP contribution in [0.15, 0.2) is 16.9 Å². The fourth-order valence-corrected chi connectivity index (χ4v) is 1.34. The van der Waals surface area contributed by atoms with E-state index in [4.69, 9.17) is 4.74 Å². The van der Waals surface area contributed by atoms with Crippen molar-refractivity contribution in [2.75, 3.05) is 6.61 Å². The van der Waals surface area contributed by atoms with E-state index < -0.39 is 6.10 Å². The van der Waals surface area contributed by atoms with Gasteiger partial charge in [0, 0.05) is 6.20 Å². The molecule has 0 amide bonds. The van der Waals surface area contributed by atoms with Gasteiger partial charge in [0.1, 0.15) is 0 Å². The molecule has 0 aliphatic rings. The first-order valence-corrected chi connectivity index (χ1v) is 5.35. The quantitative estimate of drug-likeness (QED) is 0.874. The molecule has 1 heterocycles. The van der Waals surface area contributed by atoms with Crippen molar-refractivity contribution < 1.29 is 9.84 Å². The third-order valence-electron chi connectivity index (χ3n) is 1.62. The second-order valence-corrected chi connectivity index (χ2v) is 4.33. The van der Waals surface area contributed by atoms with Crippen molar-refractivity contribution in [2.24, 2.45) is 0 Å². The maximum absolute atomic E-state index is 9.56. The van der Waals surface area contributed by atoms with Gasteiger partial charge < -0.3 is 9.84 Å². The average molecular weight is 263 g/mol. The Morgan fingerprint density at radius 3 is 2.86 bits per heavy atom. The molecule has 0 saturated heterocycles. The topological polar surface area (TPSA) is 47.3 Å². The Morgan fingerprint density at radius 2 is 2.36 bits per heavy atom. The summed E-state index contributed by atoms with van der Waals surface area (Å²) in [6, 6.07) is 0. The van der Waals surface area contributed by atoms with E-state index >= 15 is 0 Å². The van der Waals surface area contributed by atoms with Crippen LogP contribution in [0.4, 0.5) is 0 Å². The summed E-state index contributed by atoms with van der Waals surface area (Å²) >= 11 is 3.29. The molecule has 0 saturated carbocycles. The van der Waals surface area contributed by atoms with Crippen LogP contribution in [0.5, 0.6) is 0 Å². The minimum absolute atomic E-state index is 0.147. The summed E-state index contributed by atoms with van der Waals surface area (Å²) in [5.74, 6) is 0. The van der Waals surface area contributed by atoms with Gasteiger partial charge >= 0.3 is 0 Å². The maximum atomic E-state index is 9.56. The Balaban J connectivity index is 2.30. The molecule has 1 N–H and O–H groups in total. The van der Waals surface area contributed by atoms with Gasteiger partial charge in [-0.3, -0.25) is 4.68 Å². The molecule has 0 aliphatic carbocycles. The number of aromatic nitrogens is 2. The summed E-state index contributed by atoms with van der Waals surface area (Å²) in [4.78, 5) is 0. The molecule has 1 aromatic heterocycles. The lowest BCUT2D eigenvalue weighted by atomic mass is 10.4. The number of hydrogen-bond acceptors (Lipinski definition) is 3. The van der Waals surface area contributed by atoms with Crippen molar-refractivity contribution in [3.63, 3.8) is 0 Å². The Kier molecular flexibility index (Phi) is 4.57. The first-order valence-electron chi connectivity index (χ1n) is 4.55. The van der Waals surface area contributed by atoms with Crippen LogP contribution in [-0.4, -0.2) is 33.7 Å². The van der Waals surface area contributed by atoms with E-state index in [-0.39, 0.29) is 6.10 Å². The standard InChI is InChI=1S/C9H15BrN2O2/c1-7(2)14-6-9(13)5-12-4-8(10)3-11-12/h3-4,7,9,13H,5-6H2,1-2H3. The van der Waals surface area contributed by atoms with Gasteiger partial charge in [-0.05, 0) is 29.8 Å². The maximum Gasteiger partial charge on any atom is 0.0969 e. The molecular weight excluding hydrogens is 248 g/mol. The van der Waals surface area contributed by atoms with Crippen LogP contribution < -0.4 is 0 Å². The number of rotatable bonds is 5. The predicted molar refractivity (Wildman–Crippen MR) is 57.0 cm³/mol. The summed E-state index contributed by atoms with van der Waals surface area (Å²) in [6.45, 7) is 4.68. The highest BCUT2D eigenvalue weighted by Crippen LogP contribution is 2.06. The summed E-state index contributed by atoms with van der Waals surface area (Å²) in [5, 5.41) is 13.6. The number of ether oxygens (including phenoxy) is 1. The van der Waals surface area contributed by atoms with Gasteiger partial charge in [-0.2, -0.15) is 5.10 Å². The zero-order chi connectivity index (χ0) is 10.6. The lowest BCUT2D eigenvalue weighted by molar-refractivity contribution is -0.00202. The lowest BCUT2D eigenvalue weighted by Crippen LogP contribution is -2.23. The summed E-state index contributed by atoms with van der Waals surface area (Å²) in [7, 11) is 0. The largest absolute Gasteiger partial charge is 0.389 e. The van der Waals surface area contributed by atoms with E-state index in [1.807, 2.05) is 20.0 Å². The van der Waals surface area contributed by atoms with E-state index in [1.54, 1.807) is 10.9 Å². The molecule has 0 aromatic carbocycles. The molecule has 0 bridgehead atoms. The second-order valence-electron chi connectivity index (χ2n) is 3.42. The number of halogens is 1. The number of aliphatic hydroxyl groups is 1. The summed E-state index contributed by atoms with van der Waals surface area (Å²) < 4.78 is 7.87. The van der Waals surface area contributed by atoms with Crippen LogP contribution >= 0.6 is 15.9 Å². The van der Waals surface area contributed by atoms with Crippen LogP contribution in [0.2, 0.25) is 0 Å². The molecule has 4 nitrogen and oxygen atoms in total. The molecule has 0 radical (unpaired) electrons. The highest BCUT2D eigenvalue weighted by Gasteiger charge is 2.07. The van der Waals surface area contributed by atoms with E-state index in [1.165, 1.54) is 0 Å². The third kappa shape index (κ3) is 4.21. The predicted octanol–water partition coefficient (Wildman–Crippen LogP) is 1.43. The van der Waals surface area contributed by atoms with Crippen LogP contribution in [0, 0.1) is 0 Å². The highest BCUT2D eigenvalue weighted by atomic mass is 79.9. The van der Waals surface area contributed by atoms with Crippen LogP contribution in [0.1, 0.15) is 13.8 Å². The van der Waals surface area contributed by atoms with E-state index in [2.05, 4.69) is 21.0 Å². The molecular formula is C9H15BrN2O2. The summed E-state index contributed by atoms with van der Waals surface area (Å²) in [5.41, 5.74) is 0. The van der Waals surface area contributed by atoms with Crippen LogP contribution in [0.3, 0.4) is 0 Å². The average Bonchev–Trinajstić information content (AvgIpc) is 2.48. The second kappa shape index (κ2) is 5.48. The van der Waals surface area contributed by atoms with Crippen molar-refractivity contribution >= 4 is 15.9 Å². The molecule has 1 aromatic rings. The summed E-state index contributed by atoms with van der Waals surface area (Å²) in [6.07, 6.45) is 3.15. The van der Waals surface area contributed by atoms with Gasteiger partial charge in [-0.1, -0.05) is 0 Å². The van der Waals surface area contributed by atoms with Crippen LogP contribution in [0.25, 0.3) is 0 Å². The molecule has 14 heavy (non-hydrogen) atoms. The van der Waals surface area contributed by atoms with Gasteiger partial charge in [-0.25, -0.2) is 0 Å². The van der Waals surface area contributed by atoms with Gasteiger partial charge in [0.2, 0.25) is 0 Å². The van der Waals surface area contributed by atoms with Crippen molar-refractivity contribution in [1.82, 2.24) is 9.78 Å². The number of aliphatic hydroxyl groups excluding tert-OH is 1. The fraction of sp³-hybridized carbons (Fsp3) is 0.667. The Morgan fingerprint density at radius 1 is 1.64 bits per heavy atom. The molecule has 1 atom stereocenters. The Bertz CT molecular complexity index is 276. The van der Waals surface area contributed by atoms with Crippen LogP contribution in [-0.2, 0) is 11.3 Å². The molecule has 1 unspecified atom stereocenters.